The highest BCUT2D eigenvalue weighted by Crippen LogP contribution is 2.44. The largest absolute Gasteiger partial charge is 0.456 e. The van der Waals surface area contributed by atoms with E-state index in [0.717, 1.165) is 44.3 Å². The van der Waals surface area contributed by atoms with Crippen LogP contribution in [0, 0.1) is 27.3 Å². The Morgan fingerprint density at radius 1 is 0.824 bits per heavy atom. The fourth-order valence-corrected chi connectivity index (χ4v) is 4.93. The van der Waals surface area contributed by atoms with E-state index in [2.05, 4.69) is 99.6 Å². The van der Waals surface area contributed by atoms with Crippen LogP contribution in [0.25, 0.3) is 49.2 Å². The zero-order valence-electron chi connectivity index (χ0n) is 20.7. The van der Waals surface area contributed by atoms with Crippen LogP contribution in [-0.4, -0.2) is 0 Å². The van der Waals surface area contributed by atoms with Crippen molar-refractivity contribution in [3.63, 3.8) is 0 Å². The third-order valence-corrected chi connectivity index (χ3v) is 6.93. The third kappa shape index (κ3) is 3.38. The van der Waals surface area contributed by atoms with Gasteiger partial charge in [-0.05, 0) is 42.0 Å². The van der Waals surface area contributed by atoms with Crippen molar-refractivity contribution >= 4 is 27.6 Å². The quantitative estimate of drug-likeness (QED) is 0.202. The van der Waals surface area contributed by atoms with Crippen LogP contribution in [0.4, 0.5) is 5.69 Å². The molecule has 168 valence electrons. The third-order valence-electron chi connectivity index (χ3n) is 6.93. The molecule has 0 atom stereocenters. The Labute approximate surface area is 201 Å². The topological polar surface area (TPSA) is 21.4 Å². The first kappa shape index (κ1) is 21.9. The van der Waals surface area contributed by atoms with E-state index >= 15 is 0 Å². The van der Waals surface area contributed by atoms with Crippen molar-refractivity contribution in [2.45, 2.75) is 40.5 Å². The molecule has 0 spiro atoms. The molecule has 0 saturated carbocycles. The molecule has 0 fully saturated rings. The summed E-state index contributed by atoms with van der Waals surface area (Å²) < 4.78 is 8.92. The highest BCUT2D eigenvalue weighted by Gasteiger charge is 2.24. The van der Waals surface area contributed by atoms with Crippen LogP contribution < -0.4 is 4.57 Å². The van der Waals surface area contributed by atoms with Gasteiger partial charge in [0.2, 0.25) is 5.69 Å². The van der Waals surface area contributed by atoms with Gasteiger partial charge in [-0.25, -0.2) is 4.85 Å². The Hall–Kier alpha value is -3.90. The van der Waals surface area contributed by atoms with E-state index in [-0.39, 0.29) is 0 Å². The molecule has 0 saturated heterocycles. The second kappa shape index (κ2) is 8.15. The van der Waals surface area contributed by atoms with Gasteiger partial charge in [-0.2, -0.15) is 4.57 Å². The minimum atomic E-state index is 0.459. The number of aromatic nitrogens is 1. The normalized spacial score (nSPS) is 11.5. The molecule has 0 bridgehead atoms. The predicted molar refractivity (Wildman–Crippen MR) is 140 cm³/mol. The van der Waals surface area contributed by atoms with Crippen molar-refractivity contribution in [3.05, 3.63) is 94.5 Å². The maximum absolute atomic E-state index is 7.82. The molecular weight excluding hydrogens is 416 g/mol. The van der Waals surface area contributed by atoms with Crippen molar-refractivity contribution in [2.75, 3.05) is 0 Å². The molecule has 0 aliphatic rings. The zero-order chi connectivity index (χ0) is 24.1. The molecule has 2 aromatic heterocycles. The van der Waals surface area contributed by atoms with Crippen molar-refractivity contribution < 1.29 is 8.98 Å². The Morgan fingerprint density at radius 2 is 1.47 bits per heavy atom. The van der Waals surface area contributed by atoms with Gasteiger partial charge in [-0.3, -0.25) is 0 Å². The van der Waals surface area contributed by atoms with Crippen LogP contribution in [0.2, 0.25) is 0 Å². The van der Waals surface area contributed by atoms with E-state index in [4.69, 9.17) is 11.0 Å². The molecule has 0 unspecified atom stereocenters. The monoisotopic (exact) mass is 445 g/mol. The molecule has 34 heavy (non-hydrogen) atoms. The van der Waals surface area contributed by atoms with Gasteiger partial charge >= 0.3 is 0 Å². The average molecular weight is 446 g/mol. The number of benzene rings is 3. The first-order valence-electron chi connectivity index (χ1n) is 11.7. The summed E-state index contributed by atoms with van der Waals surface area (Å²) in [5.74, 6) is 0.459. The van der Waals surface area contributed by atoms with E-state index in [0.29, 0.717) is 11.6 Å². The lowest BCUT2D eigenvalue weighted by Gasteiger charge is -2.09. The summed E-state index contributed by atoms with van der Waals surface area (Å²) >= 11 is 0. The van der Waals surface area contributed by atoms with E-state index < -0.39 is 0 Å². The summed E-state index contributed by atoms with van der Waals surface area (Å²) in [6, 6.07) is 21.2. The summed E-state index contributed by atoms with van der Waals surface area (Å²) in [6.07, 6.45) is 0. The molecular formula is C31H29N2O+. The van der Waals surface area contributed by atoms with E-state index in [1.165, 1.54) is 22.4 Å². The highest BCUT2D eigenvalue weighted by molar-refractivity contribution is 6.15. The fraction of sp³-hybridized carbons (Fsp3) is 0.226. The van der Waals surface area contributed by atoms with Crippen molar-refractivity contribution in [2.24, 2.45) is 7.05 Å². The van der Waals surface area contributed by atoms with Crippen LogP contribution >= 0.6 is 0 Å². The minimum Gasteiger partial charge on any atom is -0.456 e. The van der Waals surface area contributed by atoms with Crippen molar-refractivity contribution in [3.8, 4) is 22.4 Å². The van der Waals surface area contributed by atoms with E-state index in [1.807, 2.05) is 12.1 Å². The summed E-state index contributed by atoms with van der Waals surface area (Å²) in [6.45, 7) is 18.6. The zero-order valence-corrected chi connectivity index (χ0v) is 20.7. The molecule has 0 aliphatic heterocycles. The predicted octanol–water partition coefficient (Wildman–Crippen LogP) is 8.34. The van der Waals surface area contributed by atoms with Crippen molar-refractivity contribution in [1.29, 1.82) is 0 Å². The lowest BCUT2D eigenvalue weighted by Crippen LogP contribution is -2.35. The number of hydrogen-bond donors (Lipinski definition) is 0. The molecule has 0 N–H and O–H groups in total. The highest BCUT2D eigenvalue weighted by atomic mass is 16.3. The van der Waals surface area contributed by atoms with Gasteiger partial charge in [0, 0.05) is 35.4 Å². The summed E-state index contributed by atoms with van der Waals surface area (Å²) in [5, 5.41) is 2.12. The number of nitrogens with zero attached hydrogens (tertiary/aromatic N) is 2. The Bertz CT molecular complexity index is 1610. The van der Waals surface area contributed by atoms with E-state index in [9.17, 15) is 0 Å². The number of pyridine rings is 1. The van der Waals surface area contributed by atoms with Crippen LogP contribution in [0.1, 0.15) is 42.1 Å². The van der Waals surface area contributed by atoms with Gasteiger partial charge in [0.05, 0.1) is 12.1 Å². The molecule has 0 amide bonds. The van der Waals surface area contributed by atoms with Gasteiger partial charge in [-0.15, -0.1) is 0 Å². The summed E-state index contributed by atoms with van der Waals surface area (Å²) in [7, 11) is 2.10. The first-order valence-corrected chi connectivity index (χ1v) is 11.7. The number of furan rings is 1. The maximum atomic E-state index is 7.82. The number of fused-ring (bicyclic) bond motifs is 3. The molecule has 0 aliphatic carbocycles. The smallest absolute Gasteiger partial charge is 0.216 e. The molecule has 0 radical (unpaired) electrons. The summed E-state index contributed by atoms with van der Waals surface area (Å²) in [5.41, 5.74) is 11.2. The molecule has 5 rings (SSSR count). The molecule has 2 heterocycles. The van der Waals surface area contributed by atoms with Gasteiger partial charge in [0.25, 0.3) is 0 Å². The maximum Gasteiger partial charge on any atom is 0.216 e. The SMILES string of the molecule is [C-]#[N+]c1ccc2c(oc3c(-c4cc(C)cc(C)[n+]4C)c(C)ccc32)c1-c1ccc(C(C)C)cc1. The molecule has 3 aromatic carbocycles. The first-order chi connectivity index (χ1) is 16.3. The lowest BCUT2D eigenvalue weighted by molar-refractivity contribution is -0.666. The minimum absolute atomic E-state index is 0.459. The van der Waals surface area contributed by atoms with Crippen LogP contribution in [0.5, 0.6) is 0 Å². The Morgan fingerprint density at radius 3 is 2.12 bits per heavy atom. The number of hydrogen-bond acceptors (Lipinski definition) is 1. The van der Waals surface area contributed by atoms with Crippen LogP contribution in [0.3, 0.4) is 0 Å². The second-order valence-corrected chi connectivity index (χ2v) is 9.58. The fourth-order valence-electron chi connectivity index (χ4n) is 4.93. The molecule has 5 aromatic rings. The van der Waals surface area contributed by atoms with Gasteiger partial charge in [0.15, 0.2) is 11.4 Å². The molecule has 3 heteroatoms. The Kier molecular flexibility index (Phi) is 5.25. The van der Waals surface area contributed by atoms with Crippen LogP contribution in [0.15, 0.2) is 65.1 Å². The molecule has 3 nitrogen and oxygen atoms in total. The standard InChI is InChI=1S/C31H29N2O/c1-18(2)22-9-11-23(12-10-22)29-26(32-6)15-14-25-24-13-8-20(4)28(30(24)34-31(25)29)27-17-19(3)16-21(5)33(27)7/h8-18H,1-5,7H3/q+1. The number of aryl methyl sites for hydroxylation is 3. The van der Waals surface area contributed by atoms with E-state index in [1.54, 1.807) is 0 Å². The Balaban J connectivity index is 1.86. The summed E-state index contributed by atoms with van der Waals surface area (Å²) in [4.78, 5) is 3.85. The lowest BCUT2D eigenvalue weighted by atomic mass is 9.96. The number of rotatable bonds is 3. The average Bonchev–Trinajstić information content (AvgIpc) is 3.19. The van der Waals surface area contributed by atoms with Gasteiger partial charge in [-0.1, -0.05) is 62.4 Å². The second-order valence-electron chi connectivity index (χ2n) is 9.58. The van der Waals surface area contributed by atoms with Crippen LogP contribution in [-0.2, 0) is 7.05 Å². The van der Waals surface area contributed by atoms with Gasteiger partial charge < -0.3 is 4.42 Å². The van der Waals surface area contributed by atoms with Gasteiger partial charge in [0.1, 0.15) is 18.2 Å². The van der Waals surface area contributed by atoms with Crippen molar-refractivity contribution in [1.82, 2.24) is 0 Å².